The fraction of sp³-hybridized carbons (Fsp3) is 0.467. The highest BCUT2D eigenvalue weighted by atomic mass is 32.2. The number of hydrogen-bond acceptors (Lipinski definition) is 4. The van der Waals surface area contributed by atoms with Gasteiger partial charge < -0.3 is 10.4 Å². The van der Waals surface area contributed by atoms with Crippen molar-refractivity contribution in [3.05, 3.63) is 35.9 Å². The fourth-order valence-corrected chi connectivity index (χ4v) is 2.63. The number of carboxylic acid groups (broad SMARTS) is 1. The summed E-state index contributed by atoms with van der Waals surface area (Å²) in [5.74, 6) is -2.06. The number of aliphatic carboxylic acids is 1. The Morgan fingerprint density at radius 2 is 1.86 bits per heavy atom. The molecule has 7 heteroatoms. The van der Waals surface area contributed by atoms with Crippen LogP contribution in [0.2, 0.25) is 0 Å². The number of sulfone groups is 1. The van der Waals surface area contributed by atoms with E-state index in [2.05, 4.69) is 5.32 Å². The quantitative estimate of drug-likeness (QED) is 0.701. The average molecular weight is 327 g/mol. The summed E-state index contributed by atoms with van der Waals surface area (Å²) in [6.45, 7) is 0.0297. The van der Waals surface area contributed by atoms with Gasteiger partial charge in [-0.15, -0.1) is 0 Å². The van der Waals surface area contributed by atoms with Crippen molar-refractivity contribution in [2.45, 2.75) is 19.3 Å². The second-order valence-corrected chi connectivity index (χ2v) is 7.52. The van der Waals surface area contributed by atoms with Gasteiger partial charge in [0.15, 0.2) is 0 Å². The van der Waals surface area contributed by atoms with Gasteiger partial charge in [-0.25, -0.2) is 8.42 Å². The number of carbonyl (C=O) groups is 2. The van der Waals surface area contributed by atoms with E-state index in [4.69, 9.17) is 0 Å². The van der Waals surface area contributed by atoms with Crippen LogP contribution >= 0.6 is 0 Å². The molecular formula is C15H21NO5S. The lowest BCUT2D eigenvalue weighted by Gasteiger charge is -2.13. The van der Waals surface area contributed by atoms with Gasteiger partial charge in [-0.1, -0.05) is 30.3 Å². The molecule has 1 aromatic carbocycles. The molecule has 0 aliphatic carbocycles. The molecule has 0 bridgehead atoms. The number of carbonyl (C=O) groups excluding carboxylic acids is 1. The monoisotopic (exact) mass is 327 g/mol. The lowest BCUT2D eigenvalue weighted by molar-refractivity contribution is -0.141. The Kier molecular flexibility index (Phi) is 7.04. The summed E-state index contributed by atoms with van der Waals surface area (Å²) in [4.78, 5) is 22.8. The van der Waals surface area contributed by atoms with Crippen LogP contribution in [0, 0.1) is 5.92 Å². The van der Waals surface area contributed by atoms with Crippen molar-refractivity contribution in [3.8, 4) is 0 Å². The summed E-state index contributed by atoms with van der Waals surface area (Å²) in [6.07, 6.45) is 1.76. The molecule has 0 aliphatic rings. The third-order valence-electron chi connectivity index (χ3n) is 3.14. The lowest BCUT2D eigenvalue weighted by Crippen LogP contribution is -2.34. The minimum atomic E-state index is -3.08. The van der Waals surface area contributed by atoms with E-state index in [-0.39, 0.29) is 31.0 Å². The van der Waals surface area contributed by atoms with E-state index < -0.39 is 21.7 Å². The van der Waals surface area contributed by atoms with Gasteiger partial charge in [0, 0.05) is 19.2 Å². The van der Waals surface area contributed by atoms with E-state index >= 15 is 0 Å². The first-order valence-electron chi connectivity index (χ1n) is 6.99. The van der Waals surface area contributed by atoms with Crippen LogP contribution in [-0.4, -0.2) is 44.0 Å². The molecule has 22 heavy (non-hydrogen) atoms. The van der Waals surface area contributed by atoms with Crippen LogP contribution in [0.15, 0.2) is 30.3 Å². The molecule has 6 nitrogen and oxygen atoms in total. The fourth-order valence-electron chi connectivity index (χ4n) is 1.97. The summed E-state index contributed by atoms with van der Waals surface area (Å²) in [7, 11) is -3.08. The maximum absolute atomic E-state index is 11.6. The topological polar surface area (TPSA) is 101 Å². The van der Waals surface area contributed by atoms with Gasteiger partial charge in [0.05, 0.1) is 11.7 Å². The highest BCUT2D eigenvalue weighted by molar-refractivity contribution is 7.90. The van der Waals surface area contributed by atoms with Gasteiger partial charge >= 0.3 is 5.97 Å². The molecule has 122 valence electrons. The van der Waals surface area contributed by atoms with E-state index in [0.717, 1.165) is 11.8 Å². The van der Waals surface area contributed by atoms with Crippen molar-refractivity contribution >= 4 is 21.7 Å². The molecule has 0 radical (unpaired) electrons. The normalized spacial score (nSPS) is 12.6. The SMILES string of the molecule is CS(=O)(=O)CCCC(=O)NCC(Cc1ccccc1)C(=O)O. The minimum absolute atomic E-state index is 0.0297. The van der Waals surface area contributed by atoms with Crippen LogP contribution in [0.5, 0.6) is 0 Å². The molecule has 0 spiro atoms. The van der Waals surface area contributed by atoms with Crippen molar-refractivity contribution in [2.75, 3.05) is 18.6 Å². The van der Waals surface area contributed by atoms with Gasteiger partial charge in [0.1, 0.15) is 9.84 Å². The van der Waals surface area contributed by atoms with E-state index in [1.54, 1.807) is 0 Å². The zero-order valence-electron chi connectivity index (χ0n) is 12.5. The number of carboxylic acids is 1. The highest BCUT2D eigenvalue weighted by Crippen LogP contribution is 2.08. The zero-order valence-corrected chi connectivity index (χ0v) is 13.3. The zero-order chi connectivity index (χ0) is 16.6. The van der Waals surface area contributed by atoms with Gasteiger partial charge in [-0.2, -0.15) is 0 Å². The maximum Gasteiger partial charge on any atom is 0.308 e. The maximum atomic E-state index is 11.6. The van der Waals surface area contributed by atoms with Crippen molar-refractivity contribution in [1.29, 1.82) is 0 Å². The van der Waals surface area contributed by atoms with Crippen LogP contribution in [0.4, 0.5) is 0 Å². The molecule has 0 heterocycles. The lowest BCUT2D eigenvalue weighted by atomic mass is 9.99. The van der Waals surface area contributed by atoms with Crippen LogP contribution in [0.1, 0.15) is 18.4 Å². The number of hydrogen-bond donors (Lipinski definition) is 2. The van der Waals surface area contributed by atoms with Crippen LogP contribution in [-0.2, 0) is 25.8 Å². The molecule has 0 aromatic heterocycles. The molecule has 0 saturated carbocycles. The molecule has 1 atom stereocenters. The third kappa shape index (κ3) is 7.78. The summed E-state index contributed by atoms with van der Waals surface area (Å²) in [6, 6.07) is 9.19. The van der Waals surface area contributed by atoms with E-state index in [9.17, 15) is 23.1 Å². The van der Waals surface area contributed by atoms with Gasteiger partial charge in [-0.05, 0) is 18.4 Å². The summed E-state index contributed by atoms with van der Waals surface area (Å²) >= 11 is 0. The Morgan fingerprint density at radius 1 is 1.23 bits per heavy atom. The largest absolute Gasteiger partial charge is 0.481 e. The first-order valence-corrected chi connectivity index (χ1v) is 9.05. The van der Waals surface area contributed by atoms with Crippen molar-refractivity contribution < 1.29 is 23.1 Å². The summed E-state index contributed by atoms with van der Waals surface area (Å²) in [5.41, 5.74) is 0.890. The van der Waals surface area contributed by atoms with Crippen LogP contribution in [0.3, 0.4) is 0 Å². The highest BCUT2D eigenvalue weighted by Gasteiger charge is 2.19. The molecule has 0 aliphatic heterocycles. The number of amides is 1. The summed E-state index contributed by atoms with van der Waals surface area (Å²) < 4.78 is 21.9. The molecule has 2 N–H and O–H groups in total. The van der Waals surface area contributed by atoms with Crippen LogP contribution < -0.4 is 5.32 Å². The Balaban J connectivity index is 2.41. The molecule has 1 unspecified atom stereocenters. The van der Waals surface area contributed by atoms with E-state index in [0.29, 0.717) is 6.42 Å². The minimum Gasteiger partial charge on any atom is -0.481 e. The summed E-state index contributed by atoms with van der Waals surface area (Å²) in [5, 5.41) is 11.8. The van der Waals surface area contributed by atoms with Gasteiger partial charge in [0.25, 0.3) is 0 Å². The second kappa shape index (κ2) is 8.53. The standard InChI is InChI=1S/C15H21NO5S/c1-22(20,21)9-5-8-14(17)16-11-13(15(18)19)10-12-6-3-2-4-7-12/h2-4,6-7,13H,5,8-11H2,1H3,(H,16,17)(H,18,19). The number of nitrogens with one attached hydrogen (secondary N) is 1. The third-order valence-corrected chi connectivity index (χ3v) is 4.17. The van der Waals surface area contributed by atoms with Crippen molar-refractivity contribution in [1.82, 2.24) is 5.32 Å². The molecule has 1 amide bonds. The van der Waals surface area contributed by atoms with E-state index in [1.807, 2.05) is 30.3 Å². The van der Waals surface area contributed by atoms with Crippen LogP contribution in [0.25, 0.3) is 0 Å². The average Bonchev–Trinajstić information content (AvgIpc) is 2.42. The smallest absolute Gasteiger partial charge is 0.308 e. The first-order chi connectivity index (χ1) is 10.3. The molecule has 1 rings (SSSR count). The van der Waals surface area contributed by atoms with Crippen molar-refractivity contribution in [3.63, 3.8) is 0 Å². The molecular weight excluding hydrogens is 306 g/mol. The number of benzene rings is 1. The Labute approximate surface area is 130 Å². The Morgan fingerprint density at radius 3 is 2.41 bits per heavy atom. The molecule has 0 saturated heterocycles. The van der Waals surface area contributed by atoms with E-state index in [1.165, 1.54) is 0 Å². The van der Waals surface area contributed by atoms with Crippen molar-refractivity contribution in [2.24, 2.45) is 5.92 Å². The Hall–Kier alpha value is -1.89. The predicted molar refractivity (Wildman–Crippen MR) is 83.2 cm³/mol. The first kappa shape index (κ1) is 18.2. The molecule has 0 fully saturated rings. The second-order valence-electron chi connectivity index (χ2n) is 5.26. The number of rotatable bonds is 9. The predicted octanol–water partition coefficient (Wildman–Crippen LogP) is 0.871. The van der Waals surface area contributed by atoms with Gasteiger partial charge in [0.2, 0.25) is 5.91 Å². The Bertz CT molecular complexity index is 598. The van der Waals surface area contributed by atoms with Gasteiger partial charge in [-0.3, -0.25) is 9.59 Å². The molecule has 1 aromatic rings.